The number of rotatable bonds is 8. The predicted molar refractivity (Wildman–Crippen MR) is 99.5 cm³/mol. The van der Waals surface area contributed by atoms with E-state index in [0.29, 0.717) is 12.0 Å². The summed E-state index contributed by atoms with van der Waals surface area (Å²) in [5.41, 5.74) is 3.92. The Hall–Kier alpha value is -3.42. The van der Waals surface area contributed by atoms with Crippen molar-refractivity contribution in [3.63, 3.8) is 0 Å². The summed E-state index contributed by atoms with van der Waals surface area (Å²) in [7, 11) is 1.59. The average Bonchev–Trinajstić information content (AvgIpc) is 2.66. The van der Waals surface area contributed by atoms with Gasteiger partial charge in [0.15, 0.2) is 0 Å². The Morgan fingerprint density at radius 3 is 2.42 bits per heavy atom. The second-order valence-electron chi connectivity index (χ2n) is 5.42. The minimum atomic E-state index is -0.473. The fraction of sp³-hybridized carbons (Fsp3) is 0.222. The third-order valence-corrected chi connectivity index (χ3v) is 3.65. The van der Waals surface area contributed by atoms with Gasteiger partial charge in [-0.3, -0.25) is 14.9 Å². The zero-order valence-corrected chi connectivity index (χ0v) is 14.5. The molecule has 0 heterocycles. The molecule has 0 spiro atoms. The van der Waals surface area contributed by atoms with Crippen LogP contribution in [0.4, 0.5) is 11.4 Å². The summed E-state index contributed by atoms with van der Waals surface area (Å²) in [5.74, 6) is 0.460. The van der Waals surface area contributed by atoms with Gasteiger partial charge in [-0.05, 0) is 48.4 Å². The van der Waals surface area contributed by atoms with Gasteiger partial charge in [-0.25, -0.2) is 5.43 Å². The lowest BCUT2D eigenvalue weighted by Gasteiger charge is -2.16. The van der Waals surface area contributed by atoms with E-state index in [9.17, 15) is 14.9 Å². The van der Waals surface area contributed by atoms with Crippen molar-refractivity contribution >= 4 is 23.5 Å². The number of nitrogens with one attached hydrogen (secondary N) is 2. The van der Waals surface area contributed by atoms with Crippen molar-refractivity contribution in [1.82, 2.24) is 5.43 Å². The molecule has 0 aliphatic rings. The number of carbonyl (C=O) groups is 1. The van der Waals surface area contributed by atoms with Gasteiger partial charge < -0.3 is 10.1 Å². The van der Waals surface area contributed by atoms with Crippen molar-refractivity contribution in [2.45, 2.75) is 19.4 Å². The summed E-state index contributed by atoms with van der Waals surface area (Å²) in [4.78, 5) is 22.4. The molecule has 0 aliphatic carbocycles. The number of hydrazone groups is 1. The fourth-order valence-electron chi connectivity index (χ4n) is 2.17. The highest BCUT2D eigenvalue weighted by atomic mass is 16.6. The van der Waals surface area contributed by atoms with Crippen LogP contribution in [0.3, 0.4) is 0 Å². The Kier molecular flexibility index (Phi) is 6.67. The number of hydrogen-bond donors (Lipinski definition) is 2. The van der Waals surface area contributed by atoms with Crippen LogP contribution in [0.1, 0.15) is 18.9 Å². The highest BCUT2D eigenvalue weighted by Gasteiger charge is 2.15. The van der Waals surface area contributed by atoms with E-state index in [4.69, 9.17) is 4.74 Å². The number of ether oxygens (including phenoxy) is 1. The lowest BCUT2D eigenvalue weighted by atomic mass is 10.2. The number of nitro groups is 1. The molecule has 2 N–H and O–H groups in total. The van der Waals surface area contributed by atoms with Gasteiger partial charge in [-0.1, -0.05) is 6.92 Å². The van der Waals surface area contributed by atoms with Crippen molar-refractivity contribution in [2.75, 3.05) is 12.4 Å². The number of methoxy groups -OCH3 is 1. The number of benzene rings is 2. The number of carbonyl (C=O) groups excluding carboxylic acids is 1. The molecule has 0 radical (unpaired) electrons. The molecular formula is C18H20N4O4. The van der Waals surface area contributed by atoms with Crippen molar-refractivity contribution in [1.29, 1.82) is 0 Å². The lowest BCUT2D eigenvalue weighted by Crippen LogP contribution is -2.36. The summed E-state index contributed by atoms with van der Waals surface area (Å²) in [6.45, 7) is 1.89. The van der Waals surface area contributed by atoms with Crippen LogP contribution in [0.15, 0.2) is 53.6 Å². The minimum Gasteiger partial charge on any atom is -0.497 e. The first-order valence-electron chi connectivity index (χ1n) is 8.01. The Morgan fingerprint density at radius 1 is 1.23 bits per heavy atom. The van der Waals surface area contributed by atoms with Crippen molar-refractivity contribution in [3.05, 3.63) is 64.2 Å². The van der Waals surface area contributed by atoms with Gasteiger partial charge in [0.1, 0.15) is 11.8 Å². The van der Waals surface area contributed by atoms with Crippen LogP contribution in [0, 0.1) is 10.1 Å². The van der Waals surface area contributed by atoms with Gasteiger partial charge in [-0.15, -0.1) is 0 Å². The molecule has 2 aromatic carbocycles. The molecule has 1 unspecified atom stereocenters. The molecular weight excluding hydrogens is 336 g/mol. The number of amides is 1. The number of hydrogen-bond acceptors (Lipinski definition) is 6. The standard InChI is InChI=1S/C18H20N4O4/c1-3-17(20-14-6-10-16(26-2)11-7-14)18(23)21-19-12-13-4-8-15(9-5-13)22(24)25/h4-12,17,20H,3H2,1-2H3,(H,21,23). The van der Waals surface area contributed by atoms with Crippen LogP contribution in [-0.2, 0) is 4.79 Å². The molecule has 0 fully saturated rings. The first kappa shape index (κ1) is 18.9. The van der Waals surface area contributed by atoms with Crippen molar-refractivity contribution in [3.8, 4) is 5.75 Å². The molecule has 0 bridgehead atoms. The second kappa shape index (κ2) is 9.16. The predicted octanol–water partition coefficient (Wildman–Crippen LogP) is 2.94. The van der Waals surface area contributed by atoms with Crippen LogP contribution < -0.4 is 15.5 Å². The van der Waals surface area contributed by atoms with Gasteiger partial charge in [0.05, 0.1) is 18.2 Å². The summed E-state index contributed by atoms with van der Waals surface area (Å²) in [6, 6.07) is 12.7. The Labute approximate surface area is 151 Å². The largest absolute Gasteiger partial charge is 0.497 e. The SMILES string of the molecule is CCC(Nc1ccc(OC)cc1)C(=O)NN=Cc1ccc([N+](=O)[O-])cc1. The molecule has 0 saturated heterocycles. The number of nitrogens with zero attached hydrogens (tertiary/aromatic N) is 2. The normalized spacial score (nSPS) is 11.8. The second-order valence-corrected chi connectivity index (χ2v) is 5.42. The van der Waals surface area contributed by atoms with Crippen LogP contribution in [0.5, 0.6) is 5.75 Å². The van der Waals surface area contributed by atoms with E-state index < -0.39 is 11.0 Å². The summed E-state index contributed by atoms with van der Waals surface area (Å²) in [6.07, 6.45) is 2.01. The van der Waals surface area contributed by atoms with Gasteiger partial charge in [0, 0.05) is 17.8 Å². The van der Waals surface area contributed by atoms with Crippen LogP contribution in [0.2, 0.25) is 0 Å². The maximum atomic E-state index is 12.2. The highest BCUT2D eigenvalue weighted by molar-refractivity contribution is 5.86. The maximum Gasteiger partial charge on any atom is 0.269 e. The van der Waals surface area contributed by atoms with Crippen molar-refractivity contribution in [2.24, 2.45) is 5.10 Å². The smallest absolute Gasteiger partial charge is 0.269 e. The maximum absolute atomic E-state index is 12.2. The molecule has 0 aliphatic heterocycles. The Morgan fingerprint density at radius 2 is 1.88 bits per heavy atom. The number of non-ortho nitro benzene ring substituents is 1. The molecule has 8 heteroatoms. The zero-order valence-electron chi connectivity index (χ0n) is 14.5. The highest BCUT2D eigenvalue weighted by Crippen LogP contribution is 2.16. The molecule has 1 atom stereocenters. The van der Waals surface area contributed by atoms with E-state index in [2.05, 4.69) is 15.8 Å². The molecule has 0 saturated carbocycles. The molecule has 8 nitrogen and oxygen atoms in total. The fourth-order valence-corrected chi connectivity index (χ4v) is 2.17. The molecule has 2 rings (SSSR count). The van der Waals surface area contributed by atoms with Gasteiger partial charge in [-0.2, -0.15) is 5.10 Å². The van der Waals surface area contributed by atoms with Crippen LogP contribution in [-0.4, -0.2) is 30.2 Å². The third kappa shape index (κ3) is 5.30. The van der Waals surface area contributed by atoms with E-state index in [-0.39, 0.29) is 11.6 Å². The van der Waals surface area contributed by atoms with E-state index in [0.717, 1.165) is 11.4 Å². The minimum absolute atomic E-state index is 0.000856. The number of anilines is 1. The summed E-state index contributed by atoms with van der Waals surface area (Å²) in [5, 5.41) is 17.6. The molecule has 26 heavy (non-hydrogen) atoms. The Bertz CT molecular complexity index is 773. The number of nitro benzene ring substituents is 1. The molecule has 136 valence electrons. The van der Waals surface area contributed by atoms with Gasteiger partial charge >= 0.3 is 0 Å². The Balaban J connectivity index is 1.92. The topological polar surface area (TPSA) is 106 Å². The van der Waals surface area contributed by atoms with Gasteiger partial charge in [0.25, 0.3) is 11.6 Å². The molecule has 0 aromatic heterocycles. The third-order valence-electron chi connectivity index (χ3n) is 3.65. The van der Waals surface area contributed by atoms with E-state index in [1.54, 1.807) is 31.4 Å². The van der Waals surface area contributed by atoms with E-state index in [1.165, 1.54) is 18.3 Å². The van der Waals surface area contributed by atoms with Gasteiger partial charge in [0.2, 0.25) is 0 Å². The van der Waals surface area contributed by atoms with E-state index in [1.807, 2.05) is 19.1 Å². The average molecular weight is 356 g/mol. The first-order valence-corrected chi connectivity index (χ1v) is 8.01. The molecule has 1 amide bonds. The first-order chi connectivity index (χ1) is 12.5. The monoisotopic (exact) mass is 356 g/mol. The van der Waals surface area contributed by atoms with Crippen LogP contribution in [0.25, 0.3) is 0 Å². The van der Waals surface area contributed by atoms with Crippen molar-refractivity contribution < 1.29 is 14.5 Å². The quantitative estimate of drug-likeness (QED) is 0.430. The summed E-state index contributed by atoms with van der Waals surface area (Å²) >= 11 is 0. The summed E-state index contributed by atoms with van der Waals surface area (Å²) < 4.78 is 5.10. The molecule has 2 aromatic rings. The van der Waals surface area contributed by atoms with E-state index >= 15 is 0 Å². The van der Waals surface area contributed by atoms with Crippen LogP contribution >= 0.6 is 0 Å². The zero-order chi connectivity index (χ0) is 18.9. The lowest BCUT2D eigenvalue weighted by molar-refractivity contribution is -0.384.